The van der Waals surface area contributed by atoms with Gasteiger partial charge in [-0.2, -0.15) is 18.3 Å². The zero-order valence-electron chi connectivity index (χ0n) is 11.5. The van der Waals surface area contributed by atoms with E-state index in [2.05, 4.69) is 10.1 Å². The van der Waals surface area contributed by atoms with E-state index in [-0.39, 0.29) is 10.7 Å². The number of aromatic nitrogens is 3. The number of benzene rings is 1. The van der Waals surface area contributed by atoms with Crippen LogP contribution in [0.2, 0.25) is 5.02 Å². The van der Waals surface area contributed by atoms with Gasteiger partial charge in [0.25, 0.3) is 5.91 Å². The van der Waals surface area contributed by atoms with Crippen molar-refractivity contribution in [2.75, 3.05) is 11.4 Å². The average molecular weight is 333 g/mol. The lowest BCUT2D eigenvalue weighted by Crippen LogP contribution is -2.42. The van der Waals surface area contributed by atoms with Crippen molar-refractivity contribution in [3.05, 3.63) is 41.9 Å². The van der Waals surface area contributed by atoms with Crippen LogP contribution in [0.1, 0.15) is 13.0 Å². The summed E-state index contributed by atoms with van der Waals surface area (Å²) < 4.78 is 39.6. The molecule has 1 atom stereocenters. The van der Waals surface area contributed by atoms with E-state index in [1.807, 2.05) is 0 Å². The molecule has 0 bridgehead atoms. The number of nitrogens with zero attached hydrogens (tertiary/aromatic N) is 4. The van der Waals surface area contributed by atoms with E-state index in [4.69, 9.17) is 11.6 Å². The van der Waals surface area contributed by atoms with Crippen LogP contribution in [-0.2, 0) is 4.79 Å². The summed E-state index contributed by atoms with van der Waals surface area (Å²) in [6.07, 6.45) is -2.07. The number of rotatable bonds is 4. The summed E-state index contributed by atoms with van der Waals surface area (Å²) in [4.78, 5) is 16.7. The van der Waals surface area contributed by atoms with Crippen molar-refractivity contribution in [3.8, 4) is 0 Å². The number of hydrogen-bond donors (Lipinski definition) is 0. The predicted molar refractivity (Wildman–Crippen MR) is 74.6 cm³/mol. The molecule has 0 N–H and O–H groups in total. The Morgan fingerprint density at radius 3 is 2.73 bits per heavy atom. The largest absolute Gasteiger partial charge is 0.406 e. The third kappa shape index (κ3) is 3.97. The van der Waals surface area contributed by atoms with Crippen LogP contribution in [0.25, 0.3) is 0 Å². The van der Waals surface area contributed by atoms with Crippen LogP contribution >= 0.6 is 11.6 Å². The molecule has 0 aliphatic carbocycles. The molecule has 2 rings (SSSR count). The van der Waals surface area contributed by atoms with Gasteiger partial charge in [0.2, 0.25) is 0 Å². The first-order chi connectivity index (χ1) is 10.3. The summed E-state index contributed by atoms with van der Waals surface area (Å²) in [5.41, 5.74) is 0.0711. The molecule has 2 aromatic rings. The first-order valence-electron chi connectivity index (χ1n) is 6.26. The highest BCUT2D eigenvalue weighted by molar-refractivity contribution is 6.30. The van der Waals surface area contributed by atoms with Crippen molar-refractivity contribution in [2.24, 2.45) is 0 Å². The molecule has 0 aliphatic heterocycles. The molecule has 9 heteroatoms. The highest BCUT2D eigenvalue weighted by Crippen LogP contribution is 2.26. The van der Waals surface area contributed by atoms with Gasteiger partial charge < -0.3 is 4.90 Å². The van der Waals surface area contributed by atoms with Crippen molar-refractivity contribution < 1.29 is 18.0 Å². The number of carbonyl (C=O) groups is 1. The van der Waals surface area contributed by atoms with Crippen molar-refractivity contribution in [1.29, 1.82) is 0 Å². The fraction of sp³-hybridized carbons (Fsp3) is 0.308. The Balaban J connectivity index is 2.33. The maximum Gasteiger partial charge on any atom is 0.406 e. The number of hydrogen-bond acceptors (Lipinski definition) is 3. The number of anilines is 1. The van der Waals surface area contributed by atoms with Gasteiger partial charge in [0, 0.05) is 10.7 Å². The summed E-state index contributed by atoms with van der Waals surface area (Å²) >= 11 is 5.80. The van der Waals surface area contributed by atoms with E-state index in [1.165, 1.54) is 48.5 Å². The van der Waals surface area contributed by atoms with Crippen LogP contribution in [0.4, 0.5) is 18.9 Å². The molecular formula is C13H12ClF3N4O. The van der Waals surface area contributed by atoms with Gasteiger partial charge in [0.05, 0.1) is 0 Å². The second-order valence-electron chi connectivity index (χ2n) is 4.57. The Morgan fingerprint density at radius 1 is 1.45 bits per heavy atom. The van der Waals surface area contributed by atoms with Gasteiger partial charge in [0.15, 0.2) is 0 Å². The molecule has 118 valence electrons. The Labute approximate surface area is 129 Å². The molecule has 0 saturated carbocycles. The topological polar surface area (TPSA) is 51.0 Å². The van der Waals surface area contributed by atoms with Crippen LogP contribution < -0.4 is 4.90 Å². The van der Waals surface area contributed by atoms with E-state index >= 15 is 0 Å². The minimum absolute atomic E-state index is 0.0711. The molecule has 5 nitrogen and oxygen atoms in total. The molecule has 1 amide bonds. The third-order valence-corrected chi connectivity index (χ3v) is 3.15. The van der Waals surface area contributed by atoms with Crippen LogP contribution in [0.5, 0.6) is 0 Å². The monoisotopic (exact) mass is 332 g/mol. The van der Waals surface area contributed by atoms with E-state index < -0.39 is 24.7 Å². The molecule has 0 unspecified atom stereocenters. The lowest BCUT2D eigenvalue weighted by atomic mass is 10.2. The second kappa shape index (κ2) is 6.35. The first kappa shape index (κ1) is 16.3. The summed E-state index contributed by atoms with van der Waals surface area (Å²) in [5.74, 6) is -0.759. The maximum atomic E-state index is 12.8. The van der Waals surface area contributed by atoms with Gasteiger partial charge >= 0.3 is 6.18 Å². The minimum atomic E-state index is -4.54. The van der Waals surface area contributed by atoms with E-state index in [1.54, 1.807) is 0 Å². The molecule has 1 aromatic heterocycles. The molecule has 1 aromatic carbocycles. The molecule has 0 radical (unpaired) electrons. The number of carbonyl (C=O) groups excluding carboxylic acids is 1. The fourth-order valence-electron chi connectivity index (χ4n) is 1.88. The van der Waals surface area contributed by atoms with E-state index in [0.29, 0.717) is 4.90 Å². The van der Waals surface area contributed by atoms with Crippen LogP contribution in [0.3, 0.4) is 0 Å². The minimum Gasteiger partial charge on any atom is -0.301 e. The maximum absolute atomic E-state index is 12.8. The zero-order chi connectivity index (χ0) is 16.3. The standard InChI is InChI=1S/C13H12ClF3N4O/c1-9(21-8-18-7-19-21)12(22)20(6-13(15,16)17)11-4-2-3-10(14)5-11/h2-5,7-9H,6H2,1H3/t9-/m0/s1. The highest BCUT2D eigenvalue weighted by atomic mass is 35.5. The average Bonchev–Trinajstić information content (AvgIpc) is 2.96. The van der Waals surface area contributed by atoms with Gasteiger partial charge in [-0.1, -0.05) is 17.7 Å². The van der Waals surface area contributed by atoms with Crippen LogP contribution in [-0.4, -0.2) is 33.4 Å². The van der Waals surface area contributed by atoms with Gasteiger partial charge in [0.1, 0.15) is 25.2 Å². The second-order valence-corrected chi connectivity index (χ2v) is 5.01. The Bertz CT molecular complexity index is 645. The Kier molecular flexibility index (Phi) is 4.70. The normalized spacial score (nSPS) is 13.0. The van der Waals surface area contributed by atoms with Gasteiger partial charge in [-0.15, -0.1) is 0 Å². The molecule has 1 heterocycles. The molecule has 22 heavy (non-hydrogen) atoms. The summed E-state index contributed by atoms with van der Waals surface area (Å²) in [6.45, 7) is 0.0378. The lowest BCUT2D eigenvalue weighted by Gasteiger charge is -2.27. The summed E-state index contributed by atoms with van der Waals surface area (Å²) in [5, 5.41) is 4.02. The fourth-order valence-corrected chi connectivity index (χ4v) is 2.06. The first-order valence-corrected chi connectivity index (χ1v) is 6.63. The smallest absolute Gasteiger partial charge is 0.301 e. The van der Waals surface area contributed by atoms with Gasteiger partial charge in [-0.3, -0.25) is 4.79 Å². The third-order valence-electron chi connectivity index (χ3n) is 2.91. The predicted octanol–water partition coefficient (Wildman–Crippen LogP) is 3.09. The number of halogens is 4. The van der Waals surface area contributed by atoms with Crippen molar-refractivity contribution in [2.45, 2.75) is 19.1 Å². The van der Waals surface area contributed by atoms with Crippen LogP contribution in [0, 0.1) is 0 Å². The summed E-state index contributed by atoms with van der Waals surface area (Å²) in [6, 6.07) is 4.77. The van der Waals surface area contributed by atoms with Crippen molar-refractivity contribution in [1.82, 2.24) is 14.8 Å². The quantitative estimate of drug-likeness (QED) is 0.864. The Hall–Kier alpha value is -2.09. The summed E-state index contributed by atoms with van der Waals surface area (Å²) in [7, 11) is 0. The van der Waals surface area contributed by atoms with Gasteiger partial charge in [-0.25, -0.2) is 9.67 Å². The molecule has 0 saturated heterocycles. The van der Waals surface area contributed by atoms with Crippen molar-refractivity contribution >= 4 is 23.2 Å². The van der Waals surface area contributed by atoms with Crippen LogP contribution in [0.15, 0.2) is 36.9 Å². The SMILES string of the molecule is C[C@@H](C(=O)N(CC(F)(F)F)c1cccc(Cl)c1)n1cncn1. The molecule has 0 fully saturated rings. The van der Waals surface area contributed by atoms with Crippen molar-refractivity contribution in [3.63, 3.8) is 0 Å². The van der Waals surface area contributed by atoms with Gasteiger partial charge in [-0.05, 0) is 25.1 Å². The van der Waals surface area contributed by atoms with E-state index in [9.17, 15) is 18.0 Å². The Morgan fingerprint density at radius 2 is 2.18 bits per heavy atom. The molecule has 0 aliphatic rings. The molecular weight excluding hydrogens is 321 g/mol. The lowest BCUT2D eigenvalue weighted by molar-refractivity contribution is -0.134. The number of amides is 1. The zero-order valence-corrected chi connectivity index (χ0v) is 12.2. The number of alkyl halides is 3. The highest BCUT2D eigenvalue weighted by Gasteiger charge is 2.36. The molecule has 0 spiro atoms. The van der Waals surface area contributed by atoms with E-state index in [0.717, 1.165) is 0 Å².